The maximum Gasteiger partial charge on any atom is 0.125 e. The molecule has 0 aliphatic heterocycles. The minimum Gasteiger partial charge on any atom is -0.496 e. The average Bonchev–Trinajstić information content (AvgIpc) is 2.46. The van der Waals surface area contributed by atoms with Crippen LogP contribution in [0.4, 0.5) is 4.39 Å². The first-order chi connectivity index (χ1) is 9.56. The highest BCUT2D eigenvalue weighted by Gasteiger charge is 2.17. The van der Waals surface area contributed by atoms with Crippen LogP contribution >= 0.6 is 0 Å². The maximum atomic E-state index is 13.4. The molecule has 106 valence electrons. The Morgan fingerprint density at radius 2 is 1.65 bits per heavy atom. The van der Waals surface area contributed by atoms with Crippen LogP contribution in [0.15, 0.2) is 36.4 Å². The van der Waals surface area contributed by atoms with Gasteiger partial charge in [0, 0.05) is 5.56 Å². The van der Waals surface area contributed by atoms with Crippen LogP contribution in [0.2, 0.25) is 0 Å². The van der Waals surface area contributed by atoms with E-state index in [0.717, 1.165) is 11.3 Å². The maximum absolute atomic E-state index is 13.4. The number of ether oxygens (including phenoxy) is 2. The minimum atomic E-state index is -0.953. The van der Waals surface area contributed by atoms with Crippen molar-refractivity contribution in [3.63, 3.8) is 0 Å². The monoisotopic (exact) mass is 276 g/mol. The zero-order valence-corrected chi connectivity index (χ0v) is 11.7. The van der Waals surface area contributed by atoms with E-state index in [4.69, 9.17) is 9.47 Å². The standard InChI is InChI=1S/C16H17FO3/c1-10-8-11(4-6-14(10)19-2)16(18)13-9-12(17)5-7-15(13)20-3/h4-9,16,18H,1-3H3. The fourth-order valence-corrected chi connectivity index (χ4v) is 2.17. The van der Waals surface area contributed by atoms with Gasteiger partial charge in [-0.1, -0.05) is 6.07 Å². The molecule has 0 amide bonds. The van der Waals surface area contributed by atoms with Gasteiger partial charge in [0.05, 0.1) is 14.2 Å². The number of rotatable bonds is 4. The Kier molecular flexibility index (Phi) is 4.25. The van der Waals surface area contributed by atoms with Crippen LogP contribution in [0.3, 0.4) is 0 Å². The van der Waals surface area contributed by atoms with E-state index >= 15 is 0 Å². The number of benzene rings is 2. The first-order valence-electron chi connectivity index (χ1n) is 6.23. The van der Waals surface area contributed by atoms with Crippen LogP contribution in [0.25, 0.3) is 0 Å². The van der Waals surface area contributed by atoms with Crippen LogP contribution < -0.4 is 9.47 Å². The van der Waals surface area contributed by atoms with Crippen molar-refractivity contribution in [2.24, 2.45) is 0 Å². The van der Waals surface area contributed by atoms with E-state index in [9.17, 15) is 9.50 Å². The summed E-state index contributed by atoms with van der Waals surface area (Å²) in [5, 5.41) is 10.4. The van der Waals surface area contributed by atoms with Gasteiger partial charge in [-0.25, -0.2) is 4.39 Å². The molecule has 0 aliphatic rings. The molecule has 2 aromatic carbocycles. The molecule has 1 atom stereocenters. The lowest BCUT2D eigenvalue weighted by molar-refractivity contribution is 0.214. The molecular weight excluding hydrogens is 259 g/mol. The Hall–Kier alpha value is -2.07. The topological polar surface area (TPSA) is 38.7 Å². The number of hydrogen-bond donors (Lipinski definition) is 1. The Labute approximate surface area is 117 Å². The van der Waals surface area contributed by atoms with E-state index < -0.39 is 11.9 Å². The van der Waals surface area contributed by atoms with Gasteiger partial charge < -0.3 is 14.6 Å². The van der Waals surface area contributed by atoms with Crippen LogP contribution in [0.1, 0.15) is 22.8 Å². The van der Waals surface area contributed by atoms with Crippen molar-refractivity contribution in [3.8, 4) is 11.5 Å². The van der Waals surface area contributed by atoms with Gasteiger partial charge in [-0.3, -0.25) is 0 Å². The molecule has 2 aromatic rings. The van der Waals surface area contributed by atoms with Gasteiger partial charge in [0.25, 0.3) is 0 Å². The molecule has 3 nitrogen and oxygen atoms in total. The van der Waals surface area contributed by atoms with Crippen molar-refractivity contribution in [2.45, 2.75) is 13.0 Å². The SMILES string of the molecule is COc1ccc(C(O)c2cc(F)ccc2OC)cc1C. The van der Waals surface area contributed by atoms with E-state index in [2.05, 4.69) is 0 Å². The van der Waals surface area contributed by atoms with Crippen molar-refractivity contribution >= 4 is 0 Å². The molecule has 0 aliphatic carbocycles. The molecular formula is C16H17FO3. The lowest BCUT2D eigenvalue weighted by atomic mass is 9.98. The number of aliphatic hydroxyl groups excluding tert-OH is 1. The Balaban J connectivity index is 2.43. The van der Waals surface area contributed by atoms with Crippen molar-refractivity contribution in [3.05, 3.63) is 58.9 Å². The fourth-order valence-electron chi connectivity index (χ4n) is 2.17. The second kappa shape index (κ2) is 5.92. The predicted octanol–water partition coefficient (Wildman–Crippen LogP) is 3.23. The van der Waals surface area contributed by atoms with E-state index in [0.29, 0.717) is 16.9 Å². The summed E-state index contributed by atoms with van der Waals surface area (Å²) >= 11 is 0. The van der Waals surface area contributed by atoms with E-state index in [1.54, 1.807) is 19.2 Å². The molecule has 0 radical (unpaired) electrons. The van der Waals surface area contributed by atoms with Gasteiger partial charge in [0.1, 0.15) is 23.4 Å². The summed E-state index contributed by atoms with van der Waals surface area (Å²) in [5.41, 5.74) is 1.96. The molecule has 0 aromatic heterocycles. The third kappa shape index (κ3) is 2.75. The number of hydrogen-bond acceptors (Lipinski definition) is 3. The van der Waals surface area contributed by atoms with E-state index in [1.807, 2.05) is 13.0 Å². The number of methoxy groups -OCH3 is 2. The van der Waals surface area contributed by atoms with Crippen molar-refractivity contribution in [2.75, 3.05) is 14.2 Å². The molecule has 0 saturated heterocycles. The smallest absolute Gasteiger partial charge is 0.125 e. The summed E-state index contributed by atoms with van der Waals surface area (Å²) in [7, 11) is 3.08. The quantitative estimate of drug-likeness (QED) is 0.931. The minimum absolute atomic E-state index is 0.400. The number of halogens is 1. The second-order valence-corrected chi connectivity index (χ2v) is 4.52. The molecule has 0 saturated carbocycles. The summed E-state index contributed by atoms with van der Waals surface area (Å²) in [6.45, 7) is 1.89. The summed E-state index contributed by atoms with van der Waals surface area (Å²) in [6, 6.07) is 9.43. The second-order valence-electron chi connectivity index (χ2n) is 4.52. The predicted molar refractivity (Wildman–Crippen MR) is 74.7 cm³/mol. The Morgan fingerprint density at radius 3 is 2.25 bits per heavy atom. The third-order valence-electron chi connectivity index (χ3n) is 3.22. The molecule has 1 N–H and O–H groups in total. The molecule has 0 bridgehead atoms. The molecule has 0 fully saturated rings. The summed E-state index contributed by atoms with van der Waals surface area (Å²) in [4.78, 5) is 0. The fraction of sp³-hybridized carbons (Fsp3) is 0.250. The molecule has 0 heterocycles. The highest BCUT2D eigenvalue weighted by atomic mass is 19.1. The van der Waals surface area contributed by atoms with E-state index in [-0.39, 0.29) is 0 Å². The highest BCUT2D eigenvalue weighted by molar-refractivity contribution is 5.44. The molecule has 4 heteroatoms. The van der Waals surface area contributed by atoms with E-state index in [1.165, 1.54) is 25.3 Å². The third-order valence-corrected chi connectivity index (χ3v) is 3.22. The summed E-state index contributed by atoms with van der Waals surface area (Å²) < 4.78 is 23.7. The normalized spacial score (nSPS) is 12.1. The summed E-state index contributed by atoms with van der Waals surface area (Å²) in [5.74, 6) is 0.782. The summed E-state index contributed by atoms with van der Waals surface area (Å²) in [6.07, 6.45) is -0.953. The van der Waals surface area contributed by atoms with Crippen LogP contribution in [0.5, 0.6) is 11.5 Å². The Bertz CT molecular complexity index is 611. The molecule has 2 rings (SSSR count). The van der Waals surface area contributed by atoms with Crippen molar-refractivity contribution < 1.29 is 19.0 Å². The number of aryl methyl sites for hydroxylation is 1. The van der Waals surface area contributed by atoms with Gasteiger partial charge in [-0.05, 0) is 48.4 Å². The zero-order valence-electron chi connectivity index (χ0n) is 11.7. The Morgan fingerprint density at radius 1 is 1.00 bits per heavy atom. The van der Waals surface area contributed by atoms with Crippen molar-refractivity contribution in [1.29, 1.82) is 0 Å². The van der Waals surface area contributed by atoms with Gasteiger partial charge >= 0.3 is 0 Å². The first-order valence-corrected chi connectivity index (χ1v) is 6.23. The van der Waals surface area contributed by atoms with Crippen LogP contribution in [-0.2, 0) is 0 Å². The van der Waals surface area contributed by atoms with Gasteiger partial charge in [-0.2, -0.15) is 0 Å². The number of aliphatic hydroxyl groups is 1. The zero-order chi connectivity index (χ0) is 14.7. The average molecular weight is 276 g/mol. The van der Waals surface area contributed by atoms with Gasteiger partial charge in [-0.15, -0.1) is 0 Å². The van der Waals surface area contributed by atoms with Crippen molar-refractivity contribution in [1.82, 2.24) is 0 Å². The first kappa shape index (κ1) is 14.3. The van der Waals surface area contributed by atoms with Gasteiger partial charge in [0.15, 0.2) is 0 Å². The largest absolute Gasteiger partial charge is 0.496 e. The van der Waals surface area contributed by atoms with Crippen LogP contribution in [-0.4, -0.2) is 19.3 Å². The van der Waals surface area contributed by atoms with Crippen LogP contribution in [0, 0.1) is 12.7 Å². The van der Waals surface area contributed by atoms with Gasteiger partial charge in [0.2, 0.25) is 0 Å². The lowest BCUT2D eigenvalue weighted by Gasteiger charge is -2.16. The molecule has 0 spiro atoms. The lowest BCUT2D eigenvalue weighted by Crippen LogP contribution is -2.04. The molecule has 1 unspecified atom stereocenters. The molecule has 20 heavy (non-hydrogen) atoms. The highest BCUT2D eigenvalue weighted by Crippen LogP contribution is 2.32.